The molecule has 2 aromatic carbocycles. The van der Waals surface area contributed by atoms with E-state index in [1.54, 1.807) is 6.07 Å². The van der Waals surface area contributed by atoms with E-state index in [1.165, 1.54) is 23.3 Å². The van der Waals surface area contributed by atoms with Crippen LogP contribution in [0.3, 0.4) is 0 Å². The Morgan fingerprint density at radius 3 is 2.45 bits per heavy atom. The van der Waals surface area contributed by atoms with Crippen LogP contribution in [0, 0.1) is 5.82 Å². The molecule has 0 fully saturated rings. The van der Waals surface area contributed by atoms with Gasteiger partial charge in [0.1, 0.15) is 5.82 Å². The summed E-state index contributed by atoms with van der Waals surface area (Å²) in [5.74, 6) is -0.265. The smallest absolute Gasteiger partial charge is 0.123 e. The first kappa shape index (κ1) is 15.5. The average molecular weight is 356 g/mol. The number of rotatable bonds is 4. The van der Waals surface area contributed by atoms with Gasteiger partial charge in [0.15, 0.2) is 0 Å². The van der Waals surface area contributed by atoms with Crippen LogP contribution in [-0.2, 0) is 12.8 Å². The van der Waals surface area contributed by atoms with Crippen molar-refractivity contribution in [2.75, 3.05) is 0 Å². The molecule has 0 aliphatic rings. The first-order valence-electron chi connectivity index (χ1n) is 6.77. The topological polar surface area (TPSA) is 0 Å². The number of alkyl halides is 1. The van der Waals surface area contributed by atoms with Crippen molar-refractivity contribution >= 4 is 27.5 Å². The maximum Gasteiger partial charge on any atom is 0.123 e. The van der Waals surface area contributed by atoms with E-state index in [1.807, 2.05) is 0 Å². The lowest BCUT2D eigenvalue weighted by molar-refractivity contribution is 0.625. The van der Waals surface area contributed by atoms with Crippen LogP contribution >= 0.6 is 27.5 Å². The maximum atomic E-state index is 13.5. The van der Waals surface area contributed by atoms with Gasteiger partial charge in [0.25, 0.3) is 0 Å². The average Bonchev–Trinajstić information content (AvgIpc) is 2.48. The summed E-state index contributed by atoms with van der Waals surface area (Å²) < 4.78 is 14.3. The largest absolute Gasteiger partial charge is 0.207 e. The molecule has 0 bridgehead atoms. The van der Waals surface area contributed by atoms with Crippen LogP contribution in [0.1, 0.15) is 41.5 Å². The SMILES string of the molecule is CCc1ccc(CC)c(C(Cl)c2cc(F)ccc2Br)c1. The van der Waals surface area contributed by atoms with Crippen LogP contribution in [0.4, 0.5) is 4.39 Å². The van der Waals surface area contributed by atoms with E-state index in [0.717, 1.165) is 28.4 Å². The monoisotopic (exact) mass is 354 g/mol. The molecule has 0 aliphatic heterocycles. The number of halogens is 3. The first-order chi connectivity index (χ1) is 9.56. The number of hydrogen-bond acceptors (Lipinski definition) is 0. The van der Waals surface area contributed by atoms with Crippen molar-refractivity contribution in [3.8, 4) is 0 Å². The summed E-state index contributed by atoms with van der Waals surface area (Å²) in [4.78, 5) is 0. The minimum Gasteiger partial charge on any atom is -0.207 e. The molecule has 0 aliphatic carbocycles. The molecule has 0 aromatic heterocycles. The van der Waals surface area contributed by atoms with Crippen molar-refractivity contribution in [2.24, 2.45) is 0 Å². The van der Waals surface area contributed by atoms with Gasteiger partial charge in [-0.05, 0) is 53.3 Å². The van der Waals surface area contributed by atoms with E-state index in [0.29, 0.717) is 0 Å². The fourth-order valence-corrected chi connectivity index (χ4v) is 3.29. The van der Waals surface area contributed by atoms with E-state index in [-0.39, 0.29) is 11.2 Å². The summed E-state index contributed by atoms with van der Waals surface area (Å²) >= 11 is 10.1. The molecule has 3 heteroatoms. The molecule has 2 rings (SSSR count). The van der Waals surface area contributed by atoms with E-state index in [2.05, 4.69) is 48.0 Å². The predicted molar refractivity (Wildman–Crippen MR) is 87.0 cm³/mol. The Morgan fingerprint density at radius 2 is 1.80 bits per heavy atom. The third-order valence-corrected chi connectivity index (χ3v) is 4.70. The number of benzene rings is 2. The molecular formula is C17H17BrClF. The molecule has 0 radical (unpaired) electrons. The Morgan fingerprint density at radius 1 is 1.05 bits per heavy atom. The third-order valence-electron chi connectivity index (χ3n) is 3.50. The van der Waals surface area contributed by atoms with E-state index < -0.39 is 0 Å². The Kier molecular flexibility index (Phi) is 5.22. The number of hydrogen-bond donors (Lipinski definition) is 0. The van der Waals surface area contributed by atoms with Gasteiger partial charge in [0.05, 0.1) is 5.38 Å². The van der Waals surface area contributed by atoms with Gasteiger partial charge in [-0.1, -0.05) is 48.0 Å². The first-order valence-corrected chi connectivity index (χ1v) is 8.00. The second-order valence-corrected chi connectivity index (χ2v) is 6.06. The Hall–Kier alpha value is -0.860. The minimum absolute atomic E-state index is 0.265. The van der Waals surface area contributed by atoms with Gasteiger partial charge >= 0.3 is 0 Å². The van der Waals surface area contributed by atoms with Gasteiger partial charge < -0.3 is 0 Å². The molecule has 0 saturated carbocycles. The summed E-state index contributed by atoms with van der Waals surface area (Å²) in [6.07, 6.45) is 1.88. The molecule has 1 unspecified atom stereocenters. The molecule has 1 atom stereocenters. The maximum absolute atomic E-state index is 13.5. The van der Waals surface area contributed by atoms with Crippen molar-refractivity contribution in [3.05, 3.63) is 68.9 Å². The van der Waals surface area contributed by atoms with Crippen molar-refractivity contribution in [1.82, 2.24) is 0 Å². The lowest BCUT2D eigenvalue weighted by Crippen LogP contribution is -2.01. The molecular weight excluding hydrogens is 339 g/mol. The van der Waals surface area contributed by atoms with Crippen LogP contribution in [0.15, 0.2) is 40.9 Å². The standard InChI is InChI=1S/C17H17BrClF/c1-3-11-5-6-12(4-2)14(9-11)17(19)15-10-13(20)7-8-16(15)18/h5-10,17H,3-4H2,1-2H3. The summed E-state index contributed by atoms with van der Waals surface area (Å²) in [7, 11) is 0. The van der Waals surface area contributed by atoms with Crippen molar-refractivity contribution in [3.63, 3.8) is 0 Å². The number of aryl methyl sites for hydroxylation is 2. The van der Waals surface area contributed by atoms with E-state index >= 15 is 0 Å². The van der Waals surface area contributed by atoms with Gasteiger partial charge in [-0.15, -0.1) is 11.6 Å². The normalized spacial score (nSPS) is 12.4. The van der Waals surface area contributed by atoms with Crippen molar-refractivity contribution < 1.29 is 4.39 Å². The van der Waals surface area contributed by atoms with Crippen LogP contribution in [0.2, 0.25) is 0 Å². The minimum atomic E-state index is -0.346. The molecule has 0 nitrogen and oxygen atoms in total. The fraction of sp³-hybridized carbons (Fsp3) is 0.294. The lowest BCUT2D eigenvalue weighted by atomic mass is 9.95. The highest BCUT2D eigenvalue weighted by atomic mass is 79.9. The zero-order valence-corrected chi connectivity index (χ0v) is 13.9. The van der Waals surface area contributed by atoms with Gasteiger partial charge in [-0.2, -0.15) is 0 Å². The Bertz CT molecular complexity index is 610. The highest BCUT2D eigenvalue weighted by molar-refractivity contribution is 9.10. The molecule has 20 heavy (non-hydrogen) atoms. The zero-order valence-electron chi connectivity index (χ0n) is 11.6. The second-order valence-electron chi connectivity index (χ2n) is 4.77. The van der Waals surface area contributed by atoms with E-state index in [9.17, 15) is 4.39 Å². The molecule has 0 saturated heterocycles. The quantitative estimate of drug-likeness (QED) is 0.586. The van der Waals surface area contributed by atoms with Crippen LogP contribution < -0.4 is 0 Å². The highest BCUT2D eigenvalue weighted by Crippen LogP contribution is 2.36. The van der Waals surface area contributed by atoms with Crippen LogP contribution in [0.5, 0.6) is 0 Å². The van der Waals surface area contributed by atoms with E-state index in [4.69, 9.17) is 11.6 Å². The molecule has 0 amide bonds. The van der Waals surface area contributed by atoms with Crippen LogP contribution in [-0.4, -0.2) is 0 Å². The van der Waals surface area contributed by atoms with Gasteiger partial charge in [0.2, 0.25) is 0 Å². The van der Waals surface area contributed by atoms with Crippen molar-refractivity contribution in [1.29, 1.82) is 0 Å². The summed E-state index contributed by atoms with van der Waals surface area (Å²) in [5.41, 5.74) is 4.29. The molecule has 106 valence electrons. The van der Waals surface area contributed by atoms with Crippen LogP contribution in [0.25, 0.3) is 0 Å². The van der Waals surface area contributed by atoms with Crippen molar-refractivity contribution in [2.45, 2.75) is 32.1 Å². The molecule has 2 aromatic rings. The van der Waals surface area contributed by atoms with Gasteiger partial charge in [-0.3, -0.25) is 0 Å². The third kappa shape index (κ3) is 3.24. The Labute approximate surface area is 133 Å². The van der Waals surface area contributed by atoms with Gasteiger partial charge in [-0.25, -0.2) is 4.39 Å². The second kappa shape index (κ2) is 6.73. The van der Waals surface area contributed by atoms with Gasteiger partial charge in [0, 0.05) is 4.47 Å². The summed E-state index contributed by atoms with van der Waals surface area (Å²) in [6, 6.07) is 11.0. The lowest BCUT2D eigenvalue weighted by Gasteiger charge is -2.17. The molecule has 0 spiro atoms. The summed E-state index contributed by atoms with van der Waals surface area (Å²) in [6.45, 7) is 4.22. The molecule has 0 N–H and O–H groups in total. The fourth-order valence-electron chi connectivity index (χ4n) is 2.30. The Balaban J connectivity index is 2.51. The summed E-state index contributed by atoms with van der Waals surface area (Å²) in [5, 5.41) is -0.346. The highest BCUT2D eigenvalue weighted by Gasteiger charge is 2.18. The predicted octanol–water partition coefficient (Wildman–Crippen LogP) is 6.04. The molecule has 0 heterocycles. The zero-order chi connectivity index (χ0) is 14.7.